The van der Waals surface area contributed by atoms with E-state index in [9.17, 15) is 13.4 Å². The second kappa shape index (κ2) is 10.1. The van der Waals surface area contributed by atoms with Gasteiger partial charge in [-0.1, -0.05) is 17.7 Å². The normalized spacial score (nSPS) is 18.6. The van der Waals surface area contributed by atoms with Crippen molar-refractivity contribution in [3.63, 3.8) is 0 Å². The maximum atomic E-state index is 13.3. The van der Waals surface area contributed by atoms with Gasteiger partial charge in [0.15, 0.2) is 0 Å². The molecule has 0 N–H and O–H groups in total. The monoisotopic (exact) mass is 468 g/mol. The van der Waals surface area contributed by atoms with Crippen LogP contribution in [0.3, 0.4) is 0 Å². The highest BCUT2D eigenvalue weighted by Crippen LogP contribution is 2.31. The Bertz CT molecular complexity index is 993. The fourth-order valence-electron chi connectivity index (χ4n) is 3.65. The second-order valence-electron chi connectivity index (χ2n) is 7.71. The van der Waals surface area contributed by atoms with Crippen molar-refractivity contribution in [1.29, 1.82) is 0 Å². The first-order valence-corrected chi connectivity index (χ1v) is 12.2. The first-order chi connectivity index (χ1) is 15.1. The largest absolute Gasteiger partial charge is 0.483 e. The van der Waals surface area contributed by atoms with Crippen molar-refractivity contribution in [3.8, 4) is 11.4 Å². The molecule has 2 heterocycles. The summed E-state index contributed by atoms with van der Waals surface area (Å²) in [5.41, 5.74) is 0.917. The lowest BCUT2D eigenvalue weighted by Gasteiger charge is -2.36. The van der Waals surface area contributed by atoms with Crippen LogP contribution >= 0.6 is 11.6 Å². The zero-order valence-corrected chi connectivity index (χ0v) is 18.8. The Morgan fingerprint density at radius 2 is 2.00 bits per heavy atom. The Morgan fingerprint density at radius 3 is 2.65 bits per heavy atom. The summed E-state index contributed by atoms with van der Waals surface area (Å²) in [4.78, 5) is 15.4. The lowest BCUT2D eigenvalue weighted by molar-refractivity contribution is 0.118. The highest BCUT2D eigenvalue weighted by atomic mass is 35.5. The van der Waals surface area contributed by atoms with Crippen LogP contribution in [0, 0.1) is 0 Å². The van der Waals surface area contributed by atoms with E-state index in [0.29, 0.717) is 60.5 Å². The Morgan fingerprint density at radius 1 is 1.23 bits per heavy atom. The van der Waals surface area contributed by atoms with E-state index in [4.69, 9.17) is 16.3 Å². The van der Waals surface area contributed by atoms with Gasteiger partial charge in [0.2, 0.25) is 5.75 Å². The van der Waals surface area contributed by atoms with Gasteiger partial charge in [0.25, 0.3) is 0 Å². The topological polar surface area (TPSA) is 67.7 Å². The first kappa shape index (κ1) is 22.2. The van der Waals surface area contributed by atoms with Crippen LogP contribution in [0.1, 0.15) is 25.7 Å². The van der Waals surface area contributed by atoms with E-state index in [0.717, 1.165) is 19.3 Å². The molecule has 1 aliphatic carbocycles. The van der Waals surface area contributed by atoms with Crippen molar-refractivity contribution < 1.29 is 13.3 Å². The molecule has 4 rings (SSSR count). The summed E-state index contributed by atoms with van der Waals surface area (Å²) in [6.07, 6.45) is 4.95. The molecule has 2 aromatic rings. The summed E-state index contributed by atoms with van der Waals surface area (Å²) < 4.78 is 34.0. The van der Waals surface area contributed by atoms with Gasteiger partial charge in [-0.25, -0.2) is 8.51 Å². The number of ether oxygens (including phenoxy) is 1. The molecule has 1 aromatic heterocycles. The quantitative estimate of drug-likeness (QED) is 0.596. The number of aromatic nitrogens is 2. The molecule has 1 unspecified atom stereocenters. The smallest absolute Gasteiger partial charge is 0.316 e. The molecule has 1 saturated heterocycles. The van der Waals surface area contributed by atoms with Gasteiger partial charge in [0.1, 0.15) is 5.69 Å². The van der Waals surface area contributed by atoms with E-state index in [2.05, 4.69) is 5.10 Å². The van der Waals surface area contributed by atoms with Crippen molar-refractivity contribution in [2.45, 2.75) is 31.8 Å². The van der Waals surface area contributed by atoms with Crippen LogP contribution in [0.2, 0.25) is 5.02 Å². The van der Waals surface area contributed by atoms with Crippen molar-refractivity contribution >= 4 is 28.3 Å². The number of alkyl halides is 1. The zero-order valence-electron chi connectivity index (χ0n) is 17.2. The number of benzene rings is 1. The molecule has 1 aliphatic heterocycles. The standard InChI is InChI=1S/C21H26ClFN4O3S/c22-16-4-1-5-17(14-16)27-21(28)20(30-18-6-2-7-18)19(15-24-27)25-9-11-26(12-10-25)31(29)13-3-8-23/h1,4-5,14-15,18H,2-3,6-13H2. The molecule has 2 aliphatic rings. The lowest BCUT2D eigenvalue weighted by atomic mass is 9.96. The van der Waals surface area contributed by atoms with Gasteiger partial charge in [0.05, 0.1) is 35.6 Å². The van der Waals surface area contributed by atoms with Crippen LogP contribution in [0.15, 0.2) is 35.3 Å². The van der Waals surface area contributed by atoms with Gasteiger partial charge in [-0.2, -0.15) is 9.78 Å². The third-order valence-electron chi connectivity index (χ3n) is 5.62. The molecule has 2 fully saturated rings. The van der Waals surface area contributed by atoms with Crippen LogP contribution in [0.25, 0.3) is 5.69 Å². The minimum Gasteiger partial charge on any atom is -0.483 e. The summed E-state index contributed by atoms with van der Waals surface area (Å²) in [6.45, 7) is 1.86. The number of piperazine rings is 1. The number of rotatable bonds is 8. The summed E-state index contributed by atoms with van der Waals surface area (Å²) in [6, 6.07) is 6.98. The van der Waals surface area contributed by atoms with Gasteiger partial charge in [-0.05, 0) is 43.9 Å². The Labute approximate surface area is 188 Å². The molecule has 168 valence electrons. The number of hydrogen-bond donors (Lipinski definition) is 0. The summed E-state index contributed by atoms with van der Waals surface area (Å²) in [5, 5.41) is 4.90. The maximum Gasteiger partial charge on any atom is 0.316 e. The van der Waals surface area contributed by atoms with E-state index in [1.54, 1.807) is 30.5 Å². The molecule has 1 aromatic carbocycles. The number of halogens is 2. The predicted octanol–water partition coefficient (Wildman–Crippen LogP) is 2.96. The Kier molecular flexibility index (Phi) is 7.24. The minimum atomic E-state index is -1.18. The summed E-state index contributed by atoms with van der Waals surface area (Å²) in [7, 11) is -1.18. The van der Waals surface area contributed by atoms with Gasteiger partial charge in [-0.15, -0.1) is 0 Å². The van der Waals surface area contributed by atoms with Gasteiger partial charge < -0.3 is 9.64 Å². The average molecular weight is 469 g/mol. The van der Waals surface area contributed by atoms with Crippen LogP contribution in [-0.2, 0) is 11.0 Å². The first-order valence-electron chi connectivity index (χ1n) is 10.6. The van der Waals surface area contributed by atoms with Crippen molar-refractivity contribution in [1.82, 2.24) is 14.1 Å². The number of hydrogen-bond acceptors (Lipinski definition) is 5. The third-order valence-corrected chi connectivity index (χ3v) is 7.44. The van der Waals surface area contributed by atoms with Crippen LogP contribution < -0.4 is 15.2 Å². The predicted molar refractivity (Wildman–Crippen MR) is 120 cm³/mol. The van der Waals surface area contributed by atoms with E-state index < -0.39 is 17.7 Å². The van der Waals surface area contributed by atoms with Crippen LogP contribution in [0.4, 0.5) is 10.1 Å². The highest BCUT2D eigenvalue weighted by Gasteiger charge is 2.28. The molecule has 7 nitrogen and oxygen atoms in total. The van der Waals surface area contributed by atoms with Crippen LogP contribution in [-0.4, -0.2) is 63.0 Å². The van der Waals surface area contributed by atoms with E-state index in [1.807, 2.05) is 9.21 Å². The minimum absolute atomic E-state index is 0.0381. The molecule has 0 amide bonds. The van der Waals surface area contributed by atoms with Gasteiger partial charge >= 0.3 is 5.56 Å². The Hall–Kier alpha value is -1.97. The van der Waals surface area contributed by atoms with E-state index in [-0.39, 0.29) is 11.7 Å². The molecule has 10 heteroatoms. The average Bonchev–Trinajstić information content (AvgIpc) is 2.75. The van der Waals surface area contributed by atoms with Crippen molar-refractivity contribution in [2.24, 2.45) is 0 Å². The molecule has 0 radical (unpaired) electrons. The molecule has 0 spiro atoms. The van der Waals surface area contributed by atoms with Crippen LogP contribution in [0.5, 0.6) is 5.75 Å². The lowest BCUT2D eigenvalue weighted by Crippen LogP contribution is -2.48. The molecular formula is C21H26ClFN4O3S. The molecule has 31 heavy (non-hydrogen) atoms. The Balaban J connectivity index is 1.58. The fraction of sp³-hybridized carbons (Fsp3) is 0.524. The van der Waals surface area contributed by atoms with E-state index >= 15 is 0 Å². The SMILES string of the molecule is O=c1c(OC2CCC2)c(N2CCN(S(=O)CCCF)CC2)cnn1-c1cccc(Cl)c1. The van der Waals surface area contributed by atoms with Gasteiger partial charge in [-0.3, -0.25) is 9.18 Å². The molecular weight excluding hydrogens is 443 g/mol. The molecule has 1 saturated carbocycles. The second-order valence-corrected chi connectivity index (χ2v) is 9.71. The third kappa shape index (κ3) is 5.10. The van der Waals surface area contributed by atoms with Crippen molar-refractivity contribution in [2.75, 3.05) is 43.5 Å². The number of nitrogens with zero attached hydrogens (tertiary/aromatic N) is 4. The summed E-state index contributed by atoms with van der Waals surface area (Å²) >= 11 is 6.09. The highest BCUT2D eigenvalue weighted by molar-refractivity contribution is 7.82. The van der Waals surface area contributed by atoms with E-state index in [1.165, 1.54) is 4.68 Å². The zero-order chi connectivity index (χ0) is 21.8. The number of anilines is 1. The molecule has 1 atom stereocenters. The van der Waals surface area contributed by atoms with Gasteiger partial charge in [0, 0.05) is 37.0 Å². The maximum absolute atomic E-state index is 13.3. The summed E-state index contributed by atoms with van der Waals surface area (Å²) in [5.74, 6) is 0.635. The fourth-order valence-corrected chi connectivity index (χ4v) is 5.02. The molecule has 0 bridgehead atoms. The van der Waals surface area contributed by atoms with Crippen molar-refractivity contribution in [3.05, 3.63) is 45.8 Å².